The van der Waals surface area contributed by atoms with Crippen LogP contribution >= 0.6 is 0 Å². The van der Waals surface area contributed by atoms with E-state index in [4.69, 9.17) is 5.73 Å². The van der Waals surface area contributed by atoms with E-state index in [2.05, 4.69) is 4.74 Å². The average molecular weight is 226 g/mol. The highest BCUT2D eigenvalue weighted by Crippen LogP contribution is 2.14. The number of halogens is 3. The largest absolute Gasteiger partial charge is 0.411 e. The van der Waals surface area contributed by atoms with Gasteiger partial charge in [0, 0.05) is 19.1 Å². The minimum absolute atomic E-state index is 0.00467. The molecule has 15 heavy (non-hydrogen) atoms. The summed E-state index contributed by atoms with van der Waals surface area (Å²) in [6.45, 7) is -0.542. The van der Waals surface area contributed by atoms with Crippen molar-refractivity contribution in [3.05, 3.63) is 0 Å². The number of likely N-dealkylation sites (tertiary alicyclic amines) is 1. The van der Waals surface area contributed by atoms with Crippen molar-refractivity contribution in [1.29, 1.82) is 0 Å². The minimum atomic E-state index is -4.33. The van der Waals surface area contributed by atoms with Gasteiger partial charge in [0.2, 0.25) is 5.91 Å². The fourth-order valence-corrected chi connectivity index (χ4v) is 1.22. The van der Waals surface area contributed by atoms with Crippen LogP contribution in [0.2, 0.25) is 0 Å². The molecule has 0 aromatic heterocycles. The number of amides is 1. The minimum Gasteiger partial charge on any atom is -0.372 e. The summed E-state index contributed by atoms with van der Waals surface area (Å²) in [5.41, 5.74) is 5.44. The van der Waals surface area contributed by atoms with Crippen LogP contribution in [0.4, 0.5) is 13.2 Å². The van der Waals surface area contributed by atoms with Crippen molar-refractivity contribution in [2.75, 3.05) is 26.3 Å². The molecule has 1 fully saturated rings. The van der Waals surface area contributed by atoms with Crippen LogP contribution in [0.1, 0.15) is 6.42 Å². The van der Waals surface area contributed by atoms with Gasteiger partial charge in [0.05, 0.1) is 13.0 Å². The van der Waals surface area contributed by atoms with Gasteiger partial charge in [-0.05, 0) is 0 Å². The van der Waals surface area contributed by atoms with Gasteiger partial charge in [-0.2, -0.15) is 13.2 Å². The maximum atomic E-state index is 11.6. The van der Waals surface area contributed by atoms with Crippen molar-refractivity contribution in [2.45, 2.75) is 18.6 Å². The Bertz CT molecular complexity index is 226. The Balaban J connectivity index is 2.03. The second-order valence-electron chi connectivity index (χ2n) is 3.48. The second-order valence-corrected chi connectivity index (χ2v) is 3.48. The summed E-state index contributed by atoms with van der Waals surface area (Å²) < 4.78 is 39.2. The van der Waals surface area contributed by atoms with Gasteiger partial charge in [-0.25, -0.2) is 0 Å². The highest BCUT2D eigenvalue weighted by Gasteiger charge is 2.29. The first-order valence-electron chi connectivity index (χ1n) is 4.56. The molecule has 1 rings (SSSR count). The lowest BCUT2D eigenvalue weighted by Gasteiger charge is -2.36. The van der Waals surface area contributed by atoms with Crippen LogP contribution in [0.15, 0.2) is 0 Å². The number of nitrogens with two attached hydrogens (primary N) is 1. The normalized spacial score (nSPS) is 17.7. The van der Waals surface area contributed by atoms with E-state index in [1.165, 1.54) is 4.90 Å². The van der Waals surface area contributed by atoms with E-state index in [0.29, 0.717) is 13.1 Å². The lowest BCUT2D eigenvalue weighted by atomic mass is 10.1. The van der Waals surface area contributed by atoms with Gasteiger partial charge >= 0.3 is 6.18 Å². The zero-order chi connectivity index (χ0) is 11.5. The fraction of sp³-hybridized carbons (Fsp3) is 0.875. The molecule has 0 spiro atoms. The molecule has 0 aromatic rings. The van der Waals surface area contributed by atoms with Crippen LogP contribution in [0.5, 0.6) is 0 Å². The molecule has 4 nitrogen and oxygen atoms in total. The number of hydrogen-bond acceptors (Lipinski definition) is 3. The lowest BCUT2D eigenvalue weighted by molar-refractivity contribution is -0.175. The predicted octanol–water partition coefficient (Wildman–Crippen LogP) is 0.125. The summed E-state index contributed by atoms with van der Waals surface area (Å²) in [5.74, 6) is -0.209. The first-order chi connectivity index (χ1) is 6.88. The quantitative estimate of drug-likeness (QED) is 0.693. The molecule has 1 heterocycles. The van der Waals surface area contributed by atoms with E-state index in [-0.39, 0.29) is 25.0 Å². The fourth-order valence-electron chi connectivity index (χ4n) is 1.22. The summed E-state index contributed by atoms with van der Waals surface area (Å²) in [6, 6.07) is 0.00467. The third-order valence-corrected chi connectivity index (χ3v) is 1.99. The number of nitrogens with zero attached hydrogens (tertiary/aromatic N) is 1. The van der Waals surface area contributed by atoms with Gasteiger partial charge in [0.15, 0.2) is 0 Å². The molecule has 0 aromatic carbocycles. The smallest absolute Gasteiger partial charge is 0.372 e. The first kappa shape index (κ1) is 12.3. The topological polar surface area (TPSA) is 55.6 Å². The molecule has 0 unspecified atom stereocenters. The van der Waals surface area contributed by atoms with Gasteiger partial charge in [-0.15, -0.1) is 0 Å². The highest BCUT2D eigenvalue weighted by atomic mass is 19.4. The first-order valence-corrected chi connectivity index (χ1v) is 4.56. The molecular weight excluding hydrogens is 213 g/mol. The molecule has 7 heteroatoms. The van der Waals surface area contributed by atoms with E-state index in [1.54, 1.807) is 0 Å². The SMILES string of the molecule is NC1CN(C(=O)CCOCC(F)(F)F)C1. The number of rotatable bonds is 4. The van der Waals surface area contributed by atoms with E-state index in [1.807, 2.05) is 0 Å². The number of carbonyl (C=O) groups excluding carboxylic acids is 1. The molecule has 0 atom stereocenters. The van der Waals surface area contributed by atoms with Crippen LogP contribution in [-0.4, -0.2) is 49.3 Å². The van der Waals surface area contributed by atoms with Crippen molar-refractivity contribution in [1.82, 2.24) is 4.90 Å². The van der Waals surface area contributed by atoms with Crippen molar-refractivity contribution in [3.8, 4) is 0 Å². The van der Waals surface area contributed by atoms with Gasteiger partial charge in [0.1, 0.15) is 6.61 Å². The summed E-state index contributed by atoms with van der Waals surface area (Å²) >= 11 is 0. The molecule has 0 radical (unpaired) electrons. The Hall–Kier alpha value is -0.820. The molecular formula is C8H13F3N2O2. The Morgan fingerprint density at radius 1 is 1.47 bits per heavy atom. The highest BCUT2D eigenvalue weighted by molar-refractivity contribution is 5.77. The number of carbonyl (C=O) groups is 1. The lowest BCUT2D eigenvalue weighted by Crippen LogP contribution is -2.57. The average Bonchev–Trinajstić information content (AvgIpc) is 2.05. The Labute approximate surface area is 85.2 Å². The summed E-state index contributed by atoms with van der Waals surface area (Å²) in [5, 5.41) is 0. The standard InChI is InChI=1S/C8H13F3N2O2/c9-8(10,11)5-15-2-1-7(14)13-3-6(12)4-13/h6H,1-5,12H2. The molecule has 1 aliphatic heterocycles. The van der Waals surface area contributed by atoms with Crippen molar-refractivity contribution in [2.24, 2.45) is 5.73 Å². The zero-order valence-electron chi connectivity index (χ0n) is 8.09. The van der Waals surface area contributed by atoms with Crippen LogP contribution in [0, 0.1) is 0 Å². The summed E-state index contributed by atoms with van der Waals surface area (Å²) in [4.78, 5) is 12.7. The molecule has 2 N–H and O–H groups in total. The number of hydrogen-bond donors (Lipinski definition) is 1. The molecule has 1 saturated heterocycles. The molecule has 0 saturated carbocycles. The maximum absolute atomic E-state index is 11.6. The van der Waals surface area contributed by atoms with Crippen molar-refractivity contribution < 1.29 is 22.7 Å². The van der Waals surface area contributed by atoms with Crippen LogP contribution in [0.3, 0.4) is 0 Å². The molecule has 88 valence electrons. The van der Waals surface area contributed by atoms with Gasteiger partial charge in [-0.3, -0.25) is 4.79 Å². The number of alkyl halides is 3. The predicted molar refractivity (Wildman–Crippen MR) is 46.0 cm³/mol. The van der Waals surface area contributed by atoms with Crippen molar-refractivity contribution >= 4 is 5.91 Å². The molecule has 0 bridgehead atoms. The monoisotopic (exact) mass is 226 g/mol. The van der Waals surface area contributed by atoms with E-state index in [0.717, 1.165) is 0 Å². The summed E-state index contributed by atoms with van der Waals surface area (Å²) in [7, 11) is 0. The number of ether oxygens (including phenoxy) is 1. The van der Waals surface area contributed by atoms with Gasteiger partial charge in [-0.1, -0.05) is 0 Å². The van der Waals surface area contributed by atoms with E-state index in [9.17, 15) is 18.0 Å². The van der Waals surface area contributed by atoms with E-state index >= 15 is 0 Å². The van der Waals surface area contributed by atoms with Crippen LogP contribution in [0.25, 0.3) is 0 Å². The van der Waals surface area contributed by atoms with Crippen LogP contribution in [-0.2, 0) is 9.53 Å². The Kier molecular flexibility index (Phi) is 3.92. The molecule has 1 aliphatic rings. The van der Waals surface area contributed by atoms with Crippen molar-refractivity contribution in [3.63, 3.8) is 0 Å². The Morgan fingerprint density at radius 2 is 2.07 bits per heavy atom. The maximum Gasteiger partial charge on any atom is 0.411 e. The van der Waals surface area contributed by atoms with Gasteiger partial charge in [0.25, 0.3) is 0 Å². The summed E-state index contributed by atoms with van der Waals surface area (Å²) in [6.07, 6.45) is -4.36. The second kappa shape index (κ2) is 4.80. The van der Waals surface area contributed by atoms with Gasteiger partial charge < -0.3 is 15.4 Å². The van der Waals surface area contributed by atoms with E-state index < -0.39 is 12.8 Å². The third kappa shape index (κ3) is 4.48. The Morgan fingerprint density at radius 3 is 2.53 bits per heavy atom. The molecule has 0 aliphatic carbocycles. The zero-order valence-corrected chi connectivity index (χ0v) is 8.09. The third-order valence-electron chi connectivity index (χ3n) is 1.99. The van der Waals surface area contributed by atoms with Crippen LogP contribution < -0.4 is 5.73 Å². The molecule has 1 amide bonds.